The summed E-state index contributed by atoms with van der Waals surface area (Å²) in [6.07, 6.45) is 3.14. The van der Waals surface area contributed by atoms with Crippen LogP contribution in [0.15, 0.2) is 24.3 Å². The zero-order chi connectivity index (χ0) is 13.0. The fourth-order valence-corrected chi connectivity index (χ4v) is 2.04. The summed E-state index contributed by atoms with van der Waals surface area (Å²) >= 11 is 0. The highest BCUT2D eigenvalue weighted by Gasteiger charge is 2.11. The van der Waals surface area contributed by atoms with Gasteiger partial charge in [-0.2, -0.15) is 0 Å². The number of carbonyl (C=O) groups excluding carboxylic acids is 1. The number of carbonyl (C=O) groups is 1. The van der Waals surface area contributed by atoms with Crippen LogP contribution < -0.4 is 10.6 Å². The van der Waals surface area contributed by atoms with Gasteiger partial charge in [0.1, 0.15) is 0 Å². The number of morpholine rings is 1. The van der Waals surface area contributed by atoms with Gasteiger partial charge >= 0.3 is 0 Å². The molecule has 1 aromatic rings. The molecule has 18 heavy (non-hydrogen) atoms. The number of hydrogen-bond donors (Lipinski definition) is 1. The largest absolute Gasteiger partial charge is 0.378 e. The molecule has 0 spiro atoms. The van der Waals surface area contributed by atoms with Gasteiger partial charge in [0.05, 0.1) is 13.2 Å². The minimum absolute atomic E-state index is 0.424. The topological polar surface area (TPSA) is 55.6 Å². The van der Waals surface area contributed by atoms with Gasteiger partial charge in [-0.25, -0.2) is 0 Å². The molecule has 0 saturated carbocycles. The third kappa shape index (κ3) is 3.11. The quantitative estimate of drug-likeness (QED) is 0.819. The monoisotopic (exact) mass is 246 g/mol. The Labute approximate surface area is 107 Å². The molecule has 0 radical (unpaired) electrons. The van der Waals surface area contributed by atoms with E-state index in [1.165, 1.54) is 11.8 Å². The van der Waals surface area contributed by atoms with Crippen LogP contribution in [0.25, 0.3) is 6.08 Å². The third-order valence-electron chi connectivity index (χ3n) is 3.06. The smallest absolute Gasteiger partial charge is 0.241 e. The molecule has 2 rings (SSSR count). The number of nitrogens with zero attached hydrogens (tertiary/aromatic N) is 1. The Morgan fingerprint density at radius 3 is 2.72 bits per heavy atom. The molecule has 1 fully saturated rings. The van der Waals surface area contributed by atoms with Gasteiger partial charge in [0.25, 0.3) is 0 Å². The van der Waals surface area contributed by atoms with E-state index in [1.54, 1.807) is 6.08 Å². The van der Waals surface area contributed by atoms with E-state index in [1.807, 2.05) is 13.0 Å². The second-order valence-corrected chi connectivity index (χ2v) is 4.38. The molecular formula is C14H18N2O2. The summed E-state index contributed by atoms with van der Waals surface area (Å²) in [5.41, 5.74) is 8.45. The van der Waals surface area contributed by atoms with E-state index >= 15 is 0 Å². The van der Waals surface area contributed by atoms with Crippen molar-refractivity contribution in [3.8, 4) is 0 Å². The molecular weight excluding hydrogens is 228 g/mol. The molecule has 1 heterocycles. The first kappa shape index (κ1) is 12.6. The zero-order valence-corrected chi connectivity index (χ0v) is 10.6. The highest BCUT2D eigenvalue weighted by molar-refractivity contribution is 5.90. The maximum Gasteiger partial charge on any atom is 0.241 e. The van der Waals surface area contributed by atoms with Crippen LogP contribution in [0, 0.1) is 6.92 Å². The van der Waals surface area contributed by atoms with E-state index < -0.39 is 5.91 Å². The van der Waals surface area contributed by atoms with Gasteiger partial charge in [0.15, 0.2) is 0 Å². The Kier molecular flexibility index (Phi) is 3.99. The highest BCUT2D eigenvalue weighted by atomic mass is 16.5. The minimum Gasteiger partial charge on any atom is -0.378 e. The second kappa shape index (κ2) is 5.69. The number of aryl methyl sites for hydroxylation is 1. The molecule has 1 saturated heterocycles. The maximum absolute atomic E-state index is 10.7. The summed E-state index contributed by atoms with van der Waals surface area (Å²) in [6, 6.07) is 6.21. The highest BCUT2D eigenvalue weighted by Crippen LogP contribution is 2.21. The lowest BCUT2D eigenvalue weighted by molar-refractivity contribution is -0.113. The summed E-state index contributed by atoms with van der Waals surface area (Å²) in [5.74, 6) is -0.424. The number of hydrogen-bond acceptors (Lipinski definition) is 3. The lowest BCUT2D eigenvalue weighted by Gasteiger charge is -2.29. The number of benzene rings is 1. The van der Waals surface area contributed by atoms with Crippen LogP contribution in [0.2, 0.25) is 0 Å². The molecule has 4 nitrogen and oxygen atoms in total. The molecule has 2 N–H and O–H groups in total. The van der Waals surface area contributed by atoms with Crippen molar-refractivity contribution in [1.82, 2.24) is 0 Å². The van der Waals surface area contributed by atoms with Crippen LogP contribution >= 0.6 is 0 Å². The van der Waals surface area contributed by atoms with Crippen molar-refractivity contribution in [3.63, 3.8) is 0 Å². The predicted octanol–water partition coefficient (Wildman–Crippen LogP) is 1.33. The molecule has 0 unspecified atom stereocenters. The first-order valence-corrected chi connectivity index (χ1v) is 6.07. The van der Waals surface area contributed by atoms with Crippen LogP contribution in [0.5, 0.6) is 0 Å². The average molecular weight is 246 g/mol. The van der Waals surface area contributed by atoms with Crippen molar-refractivity contribution >= 4 is 17.7 Å². The van der Waals surface area contributed by atoms with Gasteiger partial charge in [-0.05, 0) is 36.3 Å². The van der Waals surface area contributed by atoms with Crippen molar-refractivity contribution < 1.29 is 9.53 Å². The Hall–Kier alpha value is -1.81. The standard InChI is InChI=1S/C14H18N2O2/c1-11-10-13(16-6-8-18-9-7-16)4-2-12(11)3-5-14(15)17/h2-5,10H,6-9H2,1H3,(H2,15,17)/b5-3-. The molecule has 1 aliphatic rings. The van der Waals surface area contributed by atoms with Crippen LogP contribution in [0.4, 0.5) is 5.69 Å². The van der Waals surface area contributed by atoms with Gasteiger partial charge < -0.3 is 15.4 Å². The van der Waals surface area contributed by atoms with Crippen LogP contribution in [0.3, 0.4) is 0 Å². The van der Waals surface area contributed by atoms with Gasteiger partial charge in [-0.3, -0.25) is 4.79 Å². The lowest BCUT2D eigenvalue weighted by Crippen LogP contribution is -2.36. The fraction of sp³-hybridized carbons (Fsp3) is 0.357. The van der Waals surface area contributed by atoms with Gasteiger partial charge in [-0.15, -0.1) is 0 Å². The molecule has 96 valence electrons. The Balaban J connectivity index is 2.16. The molecule has 1 amide bonds. The minimum atomic E-state index is -0.424. The molecule has 1 aromatic carbocycles. The number of primary amides is 1. The Bertz CT molecular complexity index is 463. The summed E-state index contributed by atoms with van der Waals surface area (Å²) in [5, 5.41) is 0. The number of nitrogens with two attached hydrogens (primary N) is 1. The van der Waals surface area contributed by atoms with Crippen LogP contribution in [-0.2, 0) is 9.53 Å². The summed E-state index contributed by atoms with van der Waals surface area (Å²) in [7, 11) is 0. The molecule has 1 aliphatic heterocycles. The summed E-state index contributed by atoms with van der Waals surface area (Å²) in [6.45, 7) is 5.45. The Morgan fingerprint density at radius 1 is 1.39 bits per heavy atom. The number of rotatable bonds is 3. The van der Waals surface area contributed by atoms with Crippen molar-refractivity contribution in [1.29, 1.82) is 0 Å². The van der Waals surface area contributed by atoms with E-state index in [0.29, 0.717) is 0 Å². The molecule has 0 aromatic heterocycles. The van der Waals surface area contributed by atoms with E-state index in [-0.39, 0.29) is 0 Å². The first-order valence-electron chi connectivity index (χ1n) is 6.07. The molecule has 0 aliphatic carbocycles. The normalized spacial score (nSPS) is 16.2. The van der Waals surface area contributed by atoms with Crippen molar-refractivity contribution in [3.05, 3.63) is 35.4 Å². The van der Waals surface area contributed by atoms with Crippen LogP contribution in [0.1, 0.15) is 11.1 Å². The number of amides is 1. The zero-order valence-electron chi connectivity index (χ0n) is 10.6. The van der Waals surface area contributed by atoms with Gasteiger partial charge in [0.2, 0.25) is 5.91 Å². The molecule has 0 bridgehead atoms. The predicted molar refractivity (Wildman–Crippen MR) is 72.4 cm³/mol. The summed E-state index contributed by atoms with van der Waals surface area (Å²) < 4.78 is 5.34. The van der Waals surface area contributed by atoms with E-state index in [0.717, 1.165) is 37.4 Å². The van der Waals surface area contributed by atoms with Crippen molar-refractivity contribution in [2.24, 2.45) is 5.73 Å². The fourth-order valence-electron chi connectivity index (χ4n) is 2.04. The summed E-state index contributed by atoms with van der Waals surface area (Å²) in [4.78, 5) is 13.0. The van der Waals surface area contributed by atoms with Gasteiger partial charge in [0, 0.05) is 24.9 Å². The molecule has 4 heteroatoms. The van der Waals surface area contributed by atoms with Gasteiger partial charge in [-0.1, -0.05) is 6.07 Å². The number of ether oxygens (including phenoxy) is 1. The maximum atomic E-state index is 10.7. The number of anilines is 1. The second-order valence-electron chi connectivity index (χ2n) is 4.38. The van der Waals surface area contributed by atoms with Crippen molar-refractivity contribution in [2.45, 2.75) is 6.92 Å². The molecule has 0 atom stereocenters. The van der Waals surface area contributed by atoms with Crippen LogP contribution in [-0.4, -0.2) is 32.2 Å². The average Bonchev–Trinajstić information content (AvgIpc) is 2.38. The van der Waals surface area contributed by atoms with E-state index in [2.05, 4.69) is 17.0 Å². The first-order chi connectivity index (χ1) is 8.66. The van der Waals surface area contributed by atoms with E-state index in [9.17, 15) is 4.79 Å². The van der Waals surface area contributed by atoms with Crippen molar-refractivity contribution in [2.75, 3.05) is 31.2 Å². The lowest BCUT2D eigenvalue weighted by atomic mass is 10.1. The third-order valence-corrected chi connectivity index (χ3v) is 3.06. The van der Waals surface area contributed by atoms with E-state index in [4.69, 9.17) is 10.5 Å². The SMILES string of the molecule is Cc1cc(N2CCOCC2)ccc1/C=C\C(N)=O. The Morgan fingerprint density at radius 2 is 2.11 bits per heavy atom.